The molecule has 0 aliphatic carbocycles. The Bertz CT molecular complexity index is 593. The highest BCUT2D eigenvalue weighted by molar-refractivity contribution is 7.21. The van der Waals surface area contributed by atoms with E-state index in [1.165, 1.54) is 15.8 Å². The largest absolute Gasteiger partial charge is 0.399 e. The van der Waals surface area contributed by atoms with Crippen LogP contribution in [0.25, 0.3) is 20.7 Å². The van der Waals surface area contributed by atoms with Gasteiger partial charge in [0.25, 0.3) is 0 Å². The molecule has 0 aliphatic rings. The molecular formula is C13H10N2S. The summed E-state index contributed by atoms with van der Waals surface area (Å²) >= 11 is 1.70. The van der Waals surface area contributed by atoms with Crippen molar-refractivity contribution in [2.75, 3.05) is 5.73 Å². The molecule has 2 aromatic heterocycles. The van der Waals surface area contributed by atoms with Crippen molar-refractivity contribution in [2.45, 2.75) is 0 Å². The van der Waals surface area contributed by atoms with E-state index in [-0.39, 0.29) is 0 Å². The predicted molar refractivity (Wildman–Crippen MR) is 69.5 cm³/mol. The average molecular weight is 226 g/mol. The lowest BCUT2D eigenvalue weighted by Gasteiger charge is -1.96. The lowest BCUT2D eigenvalue weighted by molar-refractivity contribution is 1.45. The number of benzene rings is 1. The number of pyridine rings is 1. The highest BCUT2D eigenvalue weighted by atomic mass is 32.1. The predicted octanol–water partition coefficient (Wildman–Crippen LogP) is 3.55. The van der Waals surface area contributed by atoms with Crippen molar-refractivity contribution in [3.63, 3.8) is 0 Å². The Balaban J connectivity index is 2.15. The van der Waals surface area contributed by atoms with E-state index in [4.69, 9.17) is 5.73 Å². The highest BCUT2D eigenvalue weighted by Crippen LogP contribution is 2.32. The highest BCUT2D eigenvalue weighted by Gasteiger charge is 2.03. The Morgan fingerprint density at radius 1 is 1.06 bits per heavy atom. The molecule has 0 atom stereocenters. The maximum absolute atomic E-state index is 5.67. The second kappa shape index (κ2) is 3.61. The Kier molecular flexibility index (Phi) is 2.11. The van der Waals surface area contributed by atoms with Gasteiger partial charge in [0.1, 0.15) is 4.83 Å². The third-order valence-corrected chi connectivity index (χ3v) is 3.60. The van der Waals surface area contributed by atoms with Gasteiger partial charge in [-0.05, 0) is 29.8 Å². The number of thiophene rings is 1. The maximum atomic E-state index is 5.67. The summed E-state index contributed by atoms with van der Waals surface area (Å²) in [6.45, 7) is 0. The van der Waals surface area contributed by atoms with Gasteiger partial charge in [-0.25, -0.2) is 4.98 Å². The van der Waals surface area contributed by atoms with Gasteiger partial charge < -0.3 is 5.73 Å². The molecule has 3 aromatic rings. The molecule has 1 aromatic carbocycles. The molecule has 0 saturated carbocycles. The lowest BCUT2D eigenvalue weighted by Crippen LogP contribution is -1.82. The minimum atomic E-state index is 0.794. The number of aromatic nitrogens is 1. The zero-order valence-corrected chi connectivity index (χ0v) is 9.37. The van der Waals surface area contributed by atoms with E-state index >= 15 is 0 Å². The van der Waals surface area contributed by atoms with Crippen LogP contribution < -0.4 is 5.73 Å². The number of anilines is 1. The minimum Gasteiger partial charge on any atom is -0.399 e. The second-order valence-corrected chi connectivity index (χ2v) is 4.66. The van der Waals surface area contributed by atoms with Gasteiger partial charge in [0.05, 0.1) is 0 Å². The summed E-state index contributed by atoms with van der Waals surface area (Å²) in [5.74, 6) is 0. The molecule has 0 radical (unpaired) electrons. The fraction of sp³-hybridized carbons (Fsp3) is 0. The van der Waals surface area contributed by atoms with Gasteiger partial charge in [-0.15, -0.1) is 11.3 Å². The van der Waals surface area contributed by atoms with E-state index in [9.17, 15) is 0 Å². The molecule has 0 saturated heterocycles. The van der Waals surface area contributed by atoms with Gasteiger partial charge in [-0.2, -0.15) is 0 Å². The van der Waals surface area contributed by atoms with Crippen molar-refractivity contribution >= 4 is 27.2 Å². The zero-order valence-electron chi connectivity index (χ0n) is 8.55. The van der Waals surface area contributed by atoms with Crippen molar-refractivity contribution in [1.82, 2.24) is 4.98 Å². The van der Waals surface area contributed by atoms with Crippen LogP contribution in [0.15, 0.2) is 48.7 Å². The fourth-order valence-corrected chi connectivity index (χ4v) is 2.67. The van der Waals surface area contributed by atoms with Crippen LogP contribution in [0, 0.1) is 0 Å². The zero-order chi connectivity index (χ0) is 11.0. The van der Waals surface area contributed by atoms with E-state index in [0.29, 0.717) is 0 Å². The Hall–Kier alpha value is -1.87. The van der Waals surface area contributed by atoms with Crippen LogP contribution in [0.5, 0.6) is 0 Å². The molecular weight excluding hydrogens is 216 g/mol. The van der Waals surface area contributed by atoms with E-state index < -0.39 is 0 Å². The number of nitrogens with two attached hydrogens (primary N) is 1. The van der Waals surface area contributed by atoms with Crippen molar-refractivity contribution < 1.29 is 0 Å². The van der Waals surface area contributed by atoms with Crippen LogP contribution >= 0.6 is 11.3 Å². The van der Waals surface area contributed by atoms with Crippen LogP contribution in [0.3, 0.4) is 0 Å². The number of nitrogen functional groups attached to an aromatic ring is 1. The Morgan fingerprint density at radius 2 is 1.88 bits per heavy atom. The van der Waals surface area contributed by atoms with Gasteiger partial charge in [0.15, 0.2) is 0 Å². The summed E-state index contributed by atoms with van der Waals surface area (Å²) in [5.41, 5.74) is 7.66. The molecule has 0 unspecified atom stereocenters. The van der Waals surface area contributed by atoms with E-state index in [1.807, 2.05) is 36.5 Å². The van der Waals surface area contributed by atoms with Crippen molar-refractivity contribution in [1.29, 1.82) is 0 Å². The normalized spacial score (nSPS) is 10.8. The number of hydrogen-bond donors (Lipinski definition) is 1. The van der Waals surface area contributed by atoms with E-state index in [1.54, 1.807) is 11.3 Å². The molecule has 16 heavy (non-hydrogen) atoms. The molecule has 2 N–H and O–H groups in total. The topological polar surface area (TPSA) is 38.9 Å². The molecule has 78 valence electrons. The first-order valence-corrected chi connectivity index (χ1v) is 5.85. The van der Waals surface area contributed by atoms with Crippen molar-refractivity contribution in [3.05, 3.63) is 48.7 Å². The molecule has 0 fully saturated rings. The lowest BCUT2D eigenvalue weighted by atomic mass is 10.1. The van der Waals surface area contributed by atoms with Crippen LogP contribution in [0.1, 0.15) is 0 Å². The maximum Gasteiger partial charge on any atom is 0.123 e. The molecule has 3 heteroatoms. The minimum absolute atomic E-state index is 0.794. The van der Waals surface area contributed by atoms with Gasteiger partial charge >= 0.3 is 0 Å². The quantitative estimate of drug-likeness (QED) is 0.644. The van der Waals surface area contributed by atoms with Gasteiger partial charge in [-0.1, -0.05) is 18.2 Å². The molecule has 2 nitrogen and oxygen atoms in total. The number of rotatable bonds is 1. The second-order valence-electron chi connectivity index (χ2n) is 3.63. The monoisotopic (exact) mass is 226 g/mol. The summed E-state index contributed by atoms with van der Waals surface area (Å²) in [7, 11) is 0. The molecule has 3 rings (SSSR count). The van der Waals surface area contributed by atoms with Gasteiger partial charge in [-0.3, -0.25) is 0 Å². The SMILES string of the molecule is Nc1ccc(-c2cc3cccnc3s2)cc1. The molecule has 0 bridgehead atoms. The van der Waals surface area contributed by atoms with Gasteiger partial charge in [0, 0.05) is 22.1 Å². The summed E-state index contributed by atoms with van der Waals surface area (Å²) < 4.78 is 0. The Labute approximate surface area is 97.4 Å². The van der Waals surface area contributed by atoms with Crippen LogP contribution in [-0.4, -0.2) is 4.98 Å². The summed E-state index contributed by atoms with van der Waals surface area (Å²) in [4.78, 5) is 6.65. The third kappa shape index (κ3) is 1.55. The fourth-order valence-electron chi connectivity index (χ4n) is 1.66. The van der Waals surface area contributed by atoms with Crippen LogP contribution in [-0.2, 0) is 0 Å². The molecule has 0 amide bonds. The standard InChI is InChI=1S/C13H10N2S/c14-11-5-3-9(4-6-11)12-8-10-2-1-7-15-13(10)16-12/h1-8H,14H2. The first-order valence-electron chi connectivity index (χ1n) is 5.03. The summed E-state index contributed by atoms with van der Waals surface area (Å²) in [6.07, 6.45) is 1.82. The summed E-state index contributed by atoms with van der Waals surface area (Å²) in [6, 6.07) is 14.1. The molecule has 0 aliphatic heterocycles. The Morgan fingerprint density at radius 3 is 2.62 bits per heavy atom. The van der Waals surface area contributed by atoms with Crippen molar-refractivity contribution in [2.24, 2.45) is 0 Å². The van der Waals surface area contributed by atoms with Gasteiger partial charge in [0.2, 0.25) is 0 Å². The average Bonchev–Trinajstić information content (AvgIpc) is 2.73. The van der Waals surface area contributed by atoms with Crippen LogP contribution in [0.4, 0.5) is 5.69 Å². The number of nitrogens with zero attached hydrogens (tertiary/aromatic N) is 1. The molecule has 0 spiro atoms. The van der Waals surface area contributed by atoms with E-state index in [0.717, 1.165) is 10.5 Å². The van der Waals surface area contributed by atoms with E-state index in [2.05, 4.69) is 17.1 Å². The number of fused-ring (bicyclic) bond motifs is 1. The third-order valence-electron chi connectivity index (χ3n) is 2.49. The first-order chi connectivity index (χ1) is 7.83. The molecule has 2 heterocycles. The van der Waals surface area contributed by atoms with Crippen molar-refractivity contribution in [3.8, 4) is 10.4 Å². The number of hydrogen-bond acceptors (Lipinski definition) is 3. The smallest absolute Gasteiger partial charge is 0.123 e. The summed E-state index contributed by atoms with van der Waals surface area (Å²) in [5, 5.41) is 1.19. The first kappa shape index (κ1) is 9.36. The van der Waals surface area contributed by atoms with Crippen LogP contribution in [0.2, 0.25) is 0 Å².